The number of carbonyl (C=O) groups excluding carboxylic acids is 1. The van der Waals surface area contributed by atoms with E-state index in [-0.39, 0.29) is 11.8 Å². The second kappa shape index (κ2) is 7.37. The highest BCUT2D eigenvalue weighted by Gasteiger charge is 2.29. The second-order valence-corrected chi connectivity index (χ2v) is 8.27. The molecule has 0 spiro atoms. The fourth-order valence-electron chi connectivity index (χ4n) is 3.83. The summed E-state index contributed by atoms with van der Waals surface area (Å²) in [6.45, 7) is 10.8. The summed E-state index contributed by atoms with van der Waals surface area (Å²) < 4.78 is 1.96. The third kappa shape index (κ3) is 3.08. The number of carbonyl (C=O) groups is 1. The molecule has 3 aromatic heterocycles. The molecule has 4 rings (SSSR count). The molecule has 3 aromatic rings. The fraction of sp³-hybridized carbons (Fsp3) is 0.524. The second-order valence-electron chi connectivity index (χ2n) is 8.27. The predicted octanol–water partition coefficient (Wildman–Crippen LogP) is 3.70. The number of hydrogen-bond donors (Lipinski definition) is 1. The highest BCUT2D eigenvalue weighted by atomic mass is 16.2. The van der Waals surface area contributed by atoms with Gasteiger partial charge in [0.05, 0.1) is 5.69 Å². The van der Waals surface area contributed by atoms with Gasteiger partial charge in [-0.25, -0.2) is 4.98 Å². The van der Waals surface area contributed by atoms with Gasteiger partial charge in [0, 0.05) is 37.1 Å². The van der Waals surface area contributed by atoms with E-state index in [4.69, 9.17) is 0 Å². The first-order valence-corrected chi connectivity index (χ1v) is 10.2. The number of nitrogens with one attached hydrogen (secondary N) is 1. The molecule has 1 N–H and O–H groups in total. The molecular formula is C21H28N6O. The van der Waals surface area contributed by atoms with E-state index >= 15 is 0 Å². The number of hydrogen-bond acceptors (Lipinski definition) is 5. The van der Waals surface area contributed by atoms with E-state index in [1.54, 1.807) is 6.20 Å². The van der Waals surface area contributed by atoms with E-state index < -0.39 is 0 Å². The molecule has 0 unspecified atom stereocenters. The summed E-state index contributed by atoms with van der Waals surface area (Å²) in [6, 6.07) is 3.94. The Labute approximate surface area is 165 Å². The highest BCUT2D eigenvalue weighted by Crippen LogP contribution is 2.33. The van der Waals surface area contributed by atoms with Crippen LogP contribution < -0.4 is 5.32 Å². The van der Waals surface area contributed by atoms with Crippen LogP contribution in [0.25, 0.3) is 16.7 Å². The molecule has 0 radical (unpaired) electrons. The zero-order valence-electron chi connectivity index (χ0n) is 17.1. The van der Waals surface area contributed by atoms with E-state index in [2.05, 4.69) is 48.2 Å². The molecule has 0 aliphatic carbocycles. The summed E-state index contributed by atoms with van der Waals surface area (Å²) in [5, 5.41) is 13.3. The minimum Gasteiger partial charge on any atom is -0.383 e. The van der Waals surface area contributed by atoms with Crippen LogP contribution in [0, 0.1) is 5.92 Å². The summed E-state index contributed by atoms with van der Waals surface area (Å²) >= 11 is 0. The van der Waals surface area contributed by atoms with Gasteiger partial charge >= 0.3 is 0 Å². The predicted molar refractivity (Wildman–Crippen MR) is 111 cm³/mol. The number of aromatic nitrogens is 4. The summed E-state index contributed by atoms with van der Waals surface area (Å²) in [5.74, 6) is 1.47. The van der Waals surface area contributed by atoms with Gasteiger partial charge in [0.2, 0.25) is 0 Å². The quantitative estimate of drug-likeness (QED) is 0.730. The number of nitrogens with zero attached hydrogens (tertiary/aromatic N) is 5. The van der Waals surface area contributed by atoms with E-state index in [1.165, 1.54) is 0 Å². The molecule has 7 heteroatoms. The van der Waals surface area contributed by atoms with Gasteiger partial charge in [-0.05, 0) is 30.9 Å². The van der Waals surface area contributed by atoms with Crippen LogP contribution >= 0.6 is 0 Å². The topological polar surface area (TPSA) is 75.4 Å². The van der Waals surface area contributed by atoms with E-state index in [9.17, 15) is 4.79 Å². The smallest absolute Gasteiger partial charge is 0.259 e. The first kappa shape index (κ1) is 18.7. The van der Waals surface area contributed by atoms with Gasteiger partial charge in [-0.2, -0.15) is 0 Å². The van der Waals surface area contributed by atoms with Crippen molar-refractivity contribution in [3.63, 3.8) is 0 Å². The molecule has 1 amide bonds. The molecule has 0 atom stereocenters. The van der Waals surface area contributed by atoms with Crippen molar-refractivity contribution in [2.45, 2.75) is 46.5 Å². The molecule has 1 saturated heterocycles. The lowest BCUT2D eigenvalue weighted by molar-refractivity contribution is 0.0795. The van der Waals surface area contributed by atoms with Crippen molar-refractivity contribution in [3.8, 4) is 0 Å². The molecule has 0 bridgehead atoms. The molecule has 0 saturated carbocycles. The molecule has 28 heavy (non-hydrogen) atoms. The standard InChI is InChI=1S/C21H28N6O/c1-13(2)12-23-17-15-8-7-9-22-19(15)27-18(14(3)4)24-25-20(27)16(17)21(28)26-10-5-6-11-26/h7-9,13-14,23H,5-6,10-12H2,1-4H3. The van der Waals surface area contributed by atoms with Crippen molar-refractivity contribution in [2.75, 3.05) is 25.0 Å². The van der Waals surface area contributed by atoms with E-state index in [1.807, 2.05) is 21.4 Å². The van der Waals surface area contributed by atoms with Crippen molar-refractivity contribution in [2.24, 2.45) is 5.92 Å². The van der Waals surface area contributed by atoms with E-state index in [0.717, 1.165) is 55.0 Å². The largest absolute Gasteiger partial charge is 0.383 e. The van der Waals surface area contributed by atoms with Gasteiger partial charge in [0.1, 0.15) is 17.0 Å². The van der Waals surface area contributed by atoms with Crippen LogP contribution in [-0.4, -0.2) is 50.0 Å². The third-order valence-electron chi connectivity index (χ3n) is 5.24. The molecule has 7 nitrogen and oxygen atoms in total. The maximum absolute atomic E-state index is 13.5. The maximum Gasteiger partial charge on any atom is 0.259 e. The van der Waals surface area contributed by atoms with Crippen molar-refractivity contribution in [1.82, 2.24) is 24.5 Å². The van der Waals surface area contributed by atoms with Crippen LogP contribution in [0.1, 0.15) is 62.6 Å². The number of anilines is 1. The summed E-state index contributed by atoms with van der Waals surface area (Å²) in [5.41, 5.74) is 2.82. The van der Waals surface area contributed by atoms with Gasteiger partial charge in [0.25, 0.3) is 5.91 Å². The Morgan fingerprint density at radius 3 is 2.57 bits per heavy atom. The fourth-order valence-corrected chi connectivity index (χ4v) is 3.83. The number of pyridine rings is 2. The average molecular weight is 380 g/mol. The first-order valence-electron chi connectivity index (χ1n) is 10.2. The minimum atomic E-state index is 0.0298. The van der Waals surface area contributed by atoms with Crippen LogP contribution in [0.5, 0.6) is 0 Å². The van der Waals surface area contributed by atoms with Crippen LogP contribution in [0.4, 0.5) is 5.69 Å². The zero-order chi connectivity index (χ0) is 19.8. The Bertz CT molecular complexity index is 1020. The average Bonchev–Trinajstić information content (AvgIpc) is 3.35. The lowest BCUT2D eigenvalue weighted by Crippen LogP contribution is -2.29. The van der Waals surface area contributed by atoms with Gasteiger partial charge in [-0.3, -0.25) is 9.20 Å². The molecule has 4 heterocycles. The minimum absolute atomic E-state index is 0.0298. The monoisotopic (exact) mass is 380 g/mol. The molecule has 1 aliphatic heterocycles. The van der Waals surface area contributed by atoms with Crippen LogP contribution in [-0.2, 0) is 0 Å². The molecule has 1 aliphatic rings. The number of amides is 1. The van der Waals surface area contributed by atoms with Gasteiger partial charge in [-0.15, -0.1) is 10.2 Å². The number of likely N-dealkylation sites (tertiary alicyclic amines) is 1. The Morgan fingerprint density at radius 2 is 1.89 bits per heavy atom. The highest BCUT2D eigenvalue weighted by molar-refractivity contribution is 6.12. The van der Waals surface area contributed by atoms with Crippen molar-refractivity contribution < 1.29 is 4.79 Å². The van der Waals surface area contributed by atoms with Crippen LogP contribution in [0.2, 0.25) is 0 Å². The normalized spacial score (nSPS) is 14.7. The van der Waals surface area contributed by atoms with E-state index in [0.29, 0.717) is 17.1 Å². The van der Waals surface area contributed by atoms with Crippen molar-refractivity contribution >= 4 is 28.3 Å². The Balaban J connectivity index is 2.04. The van der Waals surface area contributed by atoms with Crippen LogP contribution in [0.15, 0.2) is 18.3 Å². The summed E-state index contributed by atoms with van der Waals surface area (Å²) in [4.78, 5) is 20.1. The molecular weight excluding hydrogens is 352 g/mol. The van der Waals surface area contributed by atoms with Crippen molar-refractivity contribution in [1.29, 1.82) is 0 Å². The lowest BCUT2D eigenvalue weighted by atomic mass is 10.1. The van der Waals surface area contributed by atoms with Gasteiger partial charge in [-0.1, -0.05) is 27.7 Å². The molecule has 148 valence electrons. The Kier molecular flexibility index (Phi) is 4.91. The maximum atomic E-state index is 13.5. The van der Waals surface area contributed by atoms with Gasteiger partial charge in [0.15, 0.2) is 5.65 Å². The number of fused-ring (bicyclic) bond motifs is 3. The van der Waals surface area contributed by atoms with Crippen LogP contribution in [0.3, 0.4) is 0 Å². The Morgan fingerprint density at radius 1 is 1.14 bits per heavy atom. The molecule has 1 fully saturated rings. The van der Waals surface area contributed by atoms with Crippen molar-refractivity contribution in [3.05, 3.63) is 29.7 Å². The Hall–Kier alpha value is -2.70. The SMILES string of the molecule is CC(C)CNc1c(C(=O)N2CCCC2)c2nnc(C(C)C)n2c2ncccc12. The first-order chi connectivity index (χ1) is 13.5. The molecule has 0 aromatic carbocycles. The lowest BCUT2D eigenvalue weighted by Gasteiger charge is -2.21. The van der Waals surface area contributed by atoms with Gasteiger partial charge < -0.3 is 10.2 Å². The summed E-state index contributed by atoms with van der Waals surface area (Å²) in [6.07, 6.45) is 3.88. The third-order valence-corrected chi connectivity index (χ3v) is 5.24. The summed E-state index contributed by atoms with van der Waals surface area (Å²) in [7, 11) is 0. The zero-order valence-corrected chi connectivity index (χ0v) is 17.1. The number of rotatable bonds is 5.